The first-order valence-corrected chi connectivity index (χ1v) is 6.78. The Hall–Kier alpha value is -1.84. The van der Waals surface area contributed by atoms with Gasteiger partial charge in [-0.3, -0.25) is 4.79 Å². The van der Waals surface area contributed by atoms with Crippen molar-refractivity contribution in [3.63, 3.8) is 0 Å². The Morgan fingerprint density at radius 1 is 1.25 bits per heavy atom. The molecule has 0 saturated heterocycles. The SMILES string of the molecule is COC(=O)C(NC(=O)Cc1cc(C)ccc1C)C(C)C. The van der Waals surface area contributed by atoms with Crippen LogP contribution in [0.2, 0.25) is 0 Å². The first-order valence-electron chi connectivity index (χ1n) is 6.78. The second kappa shape index (κ2) is 7.08. The molecule has 0 aliphatic carbocycles. The Labute approximate surface area is 120 Å². The number of hydrogen-bond acceptors (Lipinski definition) is 3. The van der Waals surface area contributed by atoms with E-state index in [-0.39, 0.29) is 18.2 Å². The standard InChI is InChI=1S/C16H23NO3/c1-10(2)15(16(19)20-5)17-14(18)9-13-8-11(3)6-7-12(13)4/h6-8,10,15H,9H2,1-5H3,(H,17,18). The number of esters is 1. The van der Waals surface area contributed by atoms with Crippen molar-refractivity contribution >= 4 is 11.9 Å². The maximum Gasteiger partial charge on any atom is 0.328 e. The molecule has 0 bridgehead atoms. The molecule has 1 unspecified atom stereocenters. The molecule has 1 aromatic rings. The minimum absolute atomic E-state index is 0.00925. The van der Waals surface area contributed by atoms with E-state index in [0.717, 1.165) is 16.7 Å². The van der Waals surface area contributed by atoms with E-state index in [1.807, 2.05) is 45.9 Å². The third-order valence-electron chi connectivity index (χ3n) is 3.29. The number of aryl methyl sites for hydroxylation is 2. The Balaban J connectivity index is 2.75. The van der Waals surface area contributed by atoms with Gasteiger partial charge in [0.2, 0.25) is 5.91 Å². The van der Waals surface area contributed by atoms with Crippen LogP contribution in [0.1, 0.15) is 30.5 Å². The Morgan fingerprint density at radius 2 is 1.90 bits per heavy atom. The van der Waals surface area contributed by atoms with Crippen LogP contribution in [-0.4, -0.2) is 25.0 Å². The van der Waals surface area contributed by atoms with Crippen LogP contribution in [0.5, 0.6) is 0 Å². The van der Waals surface area contributed by atoms with E-state index in [4.69, 9.17) is 4.74 Å². The summed E-state index contributed by atoms with van der Waals surface area (Å²) in [5, 5.41) is 2.75. The molecule has 1 aromatic carbocycles. The molecule has 1 N–H and O–H groups in total. The van der Waals surface area contributed by atoms with E-state index in [0.29, 0.717) is 0 Å². The van der Waals surface area contributed by atoms with E-state index < -0.39 is 12.0 Å². The molecule has 0 fully saturated rings. The van der Waals surface area contributed by atoms with Crippen LogP contribution in [0.15, 0.2) is 18.2 Å². The summed E-state index contributed by atoms with van der Waals surface area (Å²) in [7, 11) is 1.33. The fourth-order valence-electron chi connectivity index (χ4n) is 2.01. The van der Waals surface area contributed by atoms with Crippen LogP contribution in [0.3, 0.4) is 0 Å². The summed E-state index contributed by atoms with van der Waals surface area (Å²) in [4.78, 5) is 23.7. The Morgan fingerprint density at radius 3 is 2.45 bits per heavy atom. The summed E-state index contributed by atoms with van der Waals surface area (Å²) in [6, 6.07) is 5.41. The van der Waals surface area contributed by atoms with E-state index in [1.54, 1.807) is 0 Å². The molecule has 0 aliphatic heterocycles. The number of carbonyl (C=O) groups excluding carboxylic acids is 2. The molecule has 1 amide bonds. The predicted octanol–water partition coefficient (Wildman–Crippen LogP) is 2.16. The number of ether oxygens (including phenoxy) is 1. The molecule has 110 valence electrons. The maximum atomic E-state index is 12.1. The summed E-state index contributed by atoms with van der Waals surface area (Å²) in [6.07, 6.45) is 0.272. The molecule has 1 rings (SSSR count). The van der Waals surface area contributed by atoms with Gasteiger partial charge in [-0.05, 0) is 30.9 Å². The van der Waals surface area contributed by atoms with Gasteiger partial charge in [0, 0.05) is 0 Å². The topological polar surface area (TPSA) is 55.4 Å². The highest BCUT2D eigenvalue weighted by Gasteiger charge is 2.24. The van der Waals surface area contributed by atoms with Crippen molar-refractivity contribution in [2.45, 2.75) is 40.2 Å². The highest BCUT2D eigenvalue weighted by Crippen LogP contribution is 2.12. The molecular weight excluding hydrogens is 254 g/mol. The van der Waals surface area contributed by atoms with Crippen LogP contribution >= 0.6 is 0 Å². The molecule has 4 nitrogen and oxygen atoms in total. The first-order chi connectivity index (χ1) is 9.35. The second-order valence-corrected chi connectivity index (χ2v) is 5.42. The first kappa shape index (κ1) is 16.2. The smallest absolute Gasteiger partial charge is 0.328 e. The minimum atomic E-state index is -0.599. The lowest BCUT2D eigenvalue weighted by Gasteiger charge is -2.20. The number of nitrogens with one attached hydrogen (secondary N) is 1. The molecule has 4 heteroatoms. The van der Waals surface area contributed by atoms with Gasteiger partial charge < -0.3 is 10.1 Å². The molecule has 0 heterocycles. The van der Waals surface area contributed by atoms with E-state index in [2.05, 4.69) is 5.32 Å². The molecule has 1 atom stereocenters. The van der Waals surface area contributed by atoms with E-state index >= 15 is 0 Å². The summed E-state index contributed by atoms with van der Waals surface area (Å²) in [5.41, 5.74) is 3.17. The molecular formula is C16H23NO3. The van der Waals surface area contributed by atoms with Gasteiger partial charge in [0.25, 0.3) is 0 Å². The van der Waals surface area contributed by atoms with Crippen LogP contribution < -0.4 is 5.32 Å². The Bertz CT molecular complexity index is 494. The van der Waals surface area contributed by atoms with Gasteiger partial charge in [0.05, 0.1) is 13.5 Å². The molecule has 20 heavy (non-hydrogen) atoms. The fourth-order valence-corrected chi connectivity index (χ4v) is 2.01. The lowest BCUT2D eigenvalue weighted by molar-refractivity contribution is -0.146. The quantitative estimate of drug-likeness (QED) is 0.839. The van der Waals surface area contributed by atoms with Crippen molar-refractivity contribution in [1.29, 1.82) is 0 Å². The summed E-state index contributed by atoms with van der Waals surface area (Å²) < 4.78 is 4.71. The molecule has 0 spiro atoms. The highest BCUT2D eigenvalue weighted by molar-refractivity contribution is 5.86. The number of carbonyl (C=O) groups is 2. The van der Waals surface area contributed by atoms with Gasteiger partial charge in [-0.1, -0.05) is 37.6 Å². The zero-order valence-electron chi connectivity index (χ0n) is 12.8. The third-order valence-corrected chi connectivity index (χ3v) is 3.29. The molecule has 0 aliphatic rings. The zero-order chi connectivity index (χ0) is 15.3. The van der Waals surface area contributed by atoms with Crippen LogP contribution in [0, 0.1) is 19.8 Å². The number of methoxy groups -OCH3 is 1. The number of benzene rings is 1. The second-order valence-electron chi connectivity index (χ2n) is 5.42. The van der Waals surface area contributed by atoms with Crippen molar-refractivity contribution in [3.8, 4) is 0 Å². The van der Waals surface area contributed by atoms with Crippen LogP contribution in [0.4, 0.5) is 0 Å². The van der Waals surface area contributed by atoms with Crippen molar-refractivity contribution in [2.75, 3.05) is 7.11 Å². The minimum Gasteiger partial charge on any atom is -0.467 e. The van der Waals surface area contributed by atoms with Crippen molar-refractivity contribution in [2.24, 2.45) is 5.92 Å². The fraction of sp³-hybridized carbons (Fsp3) is 0.500. The molecule has 0 saturated carbocycles. The monoisotopic (exact) mass is 277 g/mol. The predicted molar refractivity (Wildman–Crippen MR) is 78.4 cm³/mol. The largest absolute Gasteiger partial charge is 0.467 e. The zero-order valence-corrected chi connectivity index (χ0v) is 12.8. The number of rotatable bonds is 5. The Kier molecular flexibility index (Phi) is 5.74. The highest BCUT2D eigenvalue weighted by atomic mass is 16.5. The average molecular weight is 277 g/mol. The lowest BCUT2D eigenvalue weighted by Crippen LogP contribution is -2.45. The molecule has 0 aromatic heterocycles. The maximum absolute atomic E-state index is 12.1. The summed E-state index contributed by atoms with van der Waals surface area (Å²) in [5.74, 6) is -0.581. The van der Waals surface area contributed by atoms with Crippen LogP contribution in [0.25, 0.3) is 0 Å². The summed E-state index contributed by atoms with van der Waals surface area (Å²) >= 11 is 0. The van der Waals surface area contributed by atoms with E-state index in [9.17, 15) is 9.59 Å². The van der Waals surface area contributed by atoms with Gasteiger partial charge in [-0.15, -0.1) is 0 Å². The third kappa shape index (κ3) is 4.37. The van der Waals surface area contributed by atoms with Crippen LogP contribution in [-0.2, 0) is 20.7 Å². The van der Waals surface area contributed by atoms with Crippen molar-refractivity contribution < 1.29 is 14.3 Å². The van der Waals surface area contributed by atoms with Gasteiger partial charge in [-0.2, -0.15) is 0 Å². The number of amides is 1. The van der Waals surface area contributed by atoms with Crippen molar-refractivity contribution in [1.82, 2.24) is 5.32 Å². The van der Waals surface area contributed by atoms with Gasteiger partial charge in [-0.25, -0.2) is 4.79 Å². The normalized spacial score (nSPS) is 12.1. The molecule has 0 radical (unpaired) electrons. The van der Waals surface area contributed by atoms with Gasteiger partial charge >= 0.3 is 5.97 Å². The lowest BCUT2D eigenvalue weighted by atomic mass is 10.0. The van der Waals surface area contributed by atoms with Gasteiger partial charge in [0.1, 0.15) is 6.04 Å². The summed E-state index contributed by atoms with van der Waals surface area (Å²) in [6.45, 7) is 7.72. The average Bonchev–Trinajstić information content (AvgIpc) is 2.39. The van der Waals surface area contributed by atoms with Crippen molar-refractivity contribution in [3.05, 3.63) is 34.9 Å². The van der Waals surface area contributed by atoms with Gasteiger partial charge in [0.15, 0.2) is 0 Å². The number of hydrogen-bond donors (Lipinski definition) is 1. The van der Waals surface area contributed by atoms with E-state index in [1.165, 1.54) is 7.11 Å².